The van der Waals surface area contributed by atoms with Crippen molar-refractivity contribution in [3.63, 3.8) is 0 Å². The number of rotatable bonds is 6. The molecule has 2 aromatic rings. The summed E-state index contributed by atoms with van der Waals surface area (Å²) in [6.07, 6.45) is 4.38. The van der Waals surface area contributed by atoms with Gasteiger partial charge in [-0.1, -0.05) is 13.0 Å². The summed E-state index contributed by atoms with van der Waals surface area (Å²) in [7, 11) is 1.84. The normalized spacial score (nSPS) is 12.0. The Morgan fingerprint density at radius 1 is 1.48 bits per heavy atom. The van der Waals surface area contributed by atoms with E-state index < -0.39 is 0 Å². The van der Waals surface area contributed by atoms with Crippen LogP contribution in [0.2, 0.25) is 0 Å². The van der Waals surface area contributed by atoms with Gasteiger partial charge in [0.1, 0.15) is 0 Å². The second-order valence-corrected chi connectivity index (χ2v) is 5.93. The van der Waals surface area contributed by atoms with Gasteiger partial charge in [-0.15, -0.1) is 11.3 Å². The average molecular weight is 303 g/mol. The van der Waals surface area contributed by atoms with Gasteiger partial charge in [-0.25, -0.2) is 0 Å². The fraction of sp³-hybridized carbons (Fsp3) is 0.375. The minimum atomic E-state index is 0.0110. The van der Waals surface area contributed by atoms with Gasteiger partial charge in [-0.05, 0) is 30.9 Å². The van der Waals surface area contributed by atoms with Crippen LogP contribution in [-0.2, 0) is 0 Å². The van der Waals surface area contributed by atoms with Gasteiger partial charge in [0.05, 0.1) is 23.5 Å². The highest BCUT2D eigenvalue weighted by atomic mass is 32.1. The minimum absolute atomic E-state index is 0.0110. The van der Waals surface area contributed by atoms with E-state index in [0.717, 1.165) is 18.7 Å². The molecule has 4 nitrogen and oxygen atoms in total. The molecule has 0 saturated carbocycles. The van der Waals surface area contributed by atoms with Crippen molar-refractivity contribution in [2.24, 2.45) is 0 Å². The zero-order chi connectivity index (χ0) is 15.2. The maximum atomic E-state index is 12.7. The quantitative estimate of drug-likeness (QED) is 0.883. The predicted octanol–water partition coefficient (Wildman–Crippen LogP) is 3.80. The number of nitrogens with one attached hydrogen (secondary N) is 1. The summed E-state index contributed by atoms with van der Waals surface area (Å²) in [4.78, 5) is 19.8. The lowest BCUT2D eigenvalue weighted by Crippen LogP contribution is -2.30. The monoisotopic (exact) mass is 303 g/mol. The minimum Gasteiger partial charge on any atom is -0.383 e. The van der Waals surface area contributed by atoms with Crippen LogP contribution in [-0.4, -0.2) is 29.4 Å². The Kier molecular flexibility index (Phi) is 5.33. The van der Waals surface area contributed by atoms with E-state index in [1.807, 2.05) is 25.4 Å². The standard InChI is InChI=1S/C16H21N3OS/c1-4-8-18-14-11-17-9-7-13(14)16(20)19(3)12(2)15-6-5-10-21-15/h5-7,9-12,18H,4,8H2,1-3H3. The molecule has 1 amide bonds. The van der Waals surface area contributed by atoms with Gasteiger partial charge in [-0.2, -0.15) is 0 Å². The van der Waals surface area contributed by atoms with Crippen molar-refractivity contribution in [1.82, 2.24) is 9.88 Å². The summed E-state index contributed by atoms with van der Waals surface area (Å²) in [5.74, 6) is 0.0110. The smallest absolute Gasteiger partial charge is 0.256 e. The van der Waals surface area contributed by atoms with Crippen LogP contribution in [0, 0.1) is 0 Å². The lowest BCUT2D eigenvalue weighted by molar-refractivity contribution is 0.0746. The number of nitrogens with zero attached hydrogens (tertiary/aromatic N) is 2. The summed E-state index contributed by atoms with van der Waals surface area (Å²) in [5.41, 5.74) is 1.47. The first-order valence-electron chi connectivity index (χ1n) is 7.13. The van der Waals surface area contributed by atoms with Gasteiger partial charge in [0, 0.05) is 24.7 Å². The van der Waals surface area contributed by atoms with E-state index in [1.165, 1.54) is 4.88 Å². The van der Waals surface area contributed by atoms with E-state index >= 15 is 0 Å². The Hall–Kier alpha value is -1.88. The van der Waals surface area contributed by atoms with Crippen molar-refractivity contribution in [2.75, 3.05) is 18.9 Å². The number of anilines is 1. The molecule has 2 rings (SSSR count). The van der Waals surface area contributed by atoms with Crippen LogP contribution in [0.15, 0.2) is 36.0 Å². The third-order valence-electron chi connectivity index (χ3n) is 3.47. The third kappa shape index (κ3) is 3.61. The van der Waals surface area contributed by atoms with Crippen molar-refractivity contribution in [2.45, 2.75) is 26.3 Å². The predicted molar refractivity (Wildman–Crippen MR) is 87.8 cm³/mol. The number of carbonyl (C=O) groups is 1. The molecule has 0 bridgehead atoms. The lowest BCUT2D eigenvalue weighted by Gasteiger charge is -2.25. The van der Waals surface area contributed by atoms with Crippen LogP contribution in [0.1, 0.15) is 41.5 Å². The van der Waals surface area contributed by atoms with E-state index in [4.69, 9.17) is 0 Å². The Balaban J connectivity index is 2.19. The Labute approximate surface area is 129 Å². The summed E-state index contributed by atoms with van der Waals surface area (Å²) in [5, 5.41) is 5.30. The van der Waals surface area contributed by atoms with Crippen LogP contribution >= 0.6 is 11.3 Å². The molecule has 0 aromatic carbocycles. The maximum absolute atomic E-state index is 12.7. The fourth-order valence-corrected chi connectivity index (χ4v) is 2.89. The molecule has 1 atom stereocenters. The van der Waals surface area contributed by atoms with E-state index in [0.29, 0.717) is 5.56 Å². The number of amides is 1. The molecule has 2 aromatic heterocycles. The highest BCUT2D eigenvalue weighted by Gasteiger charge is 2.21. The Bertz CT molecular complexity index is 583. The van der Waals surface area contributed by atoms with Crippen LogP contribution in [0.5, 0.6) is 0 Å². The van der Waals surface area contributed by atoms with E-state index in [9.17, 15) is 4.79 Å². The number of hydrogen-bond acceptors (Lipinski definition) is 4. The van der Waals surface area contributed by atoms with Crippen LogP contribution in [0.25, 0.3) is 0 Å². The summed E-state index contributed by atoms with van der Waals surface area (Å²) in [6.45, 7) is 4.97. The Morgan fingerprint density at radius 3 is 2.95 bits per heavy atom. The van der Waals surface area contributed by atoms with E-state index in [-0.39, 0.29) is 11.9 Å². The number of aromatic nitrogens is 1. The second kappa shape index (κ2) is 7.22. The van der Waals surface area contributed by atoms with Crippen molar-refractivity contribution < 1.29 is 4.79 Å². The van der Waals surface area contributed by atoms with Gasteiger partial charge in [0.15, 0.2) is 0 Å². The molecule has 0 aliphatic carbocycles. The van der Waals surface area contributed by atoms with Crippen LogP contribution < -0.4 is 5.32 Å². The van der Waals surface area contributed by atoms with E-state index in [1.54, 1.807) is 34.7 Å². The molecular weight excluding hydrogens is 282 g/mol. The van der Waals surface area contributed by atoms with Crippen molar-refractivity contribution in [1.29, 1.82) is 0 Å². The summed E-state index contributed by atoms with van der Waals surface area (Å²) in [6, 6.07) is 5.90. The number of carbonyl (C=O) groups excluding carboxylic acids is 1. The molecule has 0 fully saturated rings. The van der Waals surface area contributed by atoms with Gasteiger partial charge < -0.3 is 10.2 Å². The molecule has 1 N–H and O–H groups in total. The molecule has 0 radical (unpaired) electrons. The molecule has 21 heavy (non-hydrogen) atoms. The zero-order valence-electron chi connectivity index (χ0n) is 12.7. The van der Waals surface area contributed by atoms with Crippen LogP contribution in [0.3, 0.4) is 0 Å². The number of thiophene rings is 1. The number of hydrogen-bond donors (Lipinski definition) is 1. The first-order chi connectivity index (χ1) is 10.1. The highest BCUT2D eigenvalue weighted by Crippen LogP contribution is 2.26. The number of pyridine rings is 1. The maximum Gasteiger partial charge on any atom is 0.256 e. The first kappa shape index (κ1) is 15.5. The molecule has 112 valence electrons. The van der Waals surface area contributed by atoms with Crippen molar-refractivity contribution in [3.05, 3.63) is 46.4 Å². The second-order valence-electron chi connectivity index (χ2n) is 4.96. The van der Waals surface area contributed by atoms with Gasteiger partial charge in [-0.3, -0.25) is 9.78 Å². The van der Waals surface area contributed by atoms with Gasteiger partial charge in [0.25, 0.3) is 5.91 Å². The topological polar surface area (TPSA) is 45.2 Å². The molecule has 2 heterocycles. The molecule has 5 heteroatoms. The summed E-state index contributed by atoms with van der Waals surface area (Å²) >= 11 is 1.67. The zero-order valence-corrected chi connectivity index (χ0v) is 13.5. The van der Waals surface area contributed by atoms with Gasteiger partial charge >= 0.3 is 0 Å². The lowest BCUT2D eigenvalue weighted by atomic mass is 10.1. The highest BCUT2D eigenvalue weighted by molar-refractivity contribution is 7.10. The first-order valence-corrected chi connectivity index (χ1v) is 8.01. The molecule has 1 unspecified atom stereocenters. The average Bonchev–Trinajstić information content (AvgIpc) is 3.05. The molecule has 0 aliphatic heterocycles. The van der Waals surface area contributed by atoms with Crippen molar-refractivity contribution in [3.8, 4) is 0 Å². The van der Waals surface area contributed by atoms with Crippen molar-refractivity contribution >= 4 is 22.9 Å². The SMILES string of the molecule is CCCNc1cnccc1C(=O)N(C)C(C)c1cccs1. The van der Waals surface area contributed by atoms with Gasteiger partial charge in [0.2, 0.25) is 0 Å². The molecule has 0 aliphatic rings. The largest absolute Gasteiger partial charge is 0.383 e. The summed E-state index contributed by atoms with van der Waals surface area (Å²) < 4.78 is 0. The fourth-order valence-electron chi connectivity index (χ4n) is 2.07. The molecule has 0 spiro atoms. The molecular formula is C16H21N3OS. The van der Waals surface area contributed by atoms with E-state index in [2.05, 4.69) is 23.3 Å². The Morgan fingerprint density at radius 2 is 2.29 bits per heavy atom. The third-order valence-corrected chi connectivity index (χ3v) is 4.52. The van der Waals surface area contributed by atoms with Crippen LogP contribution in [0.4, 0.5) is 5.69 Å². The molecule has 0 saturated heterocycles.